The zero-order valence-electron chi connectivity index (χ0n) is 15.4. The number of nitrogens with one attached hydrogen (secondary N) is 1. The van der Waals surface area contributed by atoms with E-state index in [-0.39, 0.29) is 0 Å². The molecule has 27 heavy (non-hydrogen) atoms. The van der Waals surface area contributed by atoms with Gasteiger partial charge in [-0.25, -0.2) is 8.78 Å². The molecule has 3 rings (SSSR count). The van der Waals surface area contributed by atoms with Crippen LogP contribution in [0.15, 0.2) is 36.4 Å². The zero-order valence-corrected chi connectivity index (χ0v) is 15.4. The molecule has 0 aromatic heterocycles. The van der Waals surface area contributed by atoms with Gasteiger partial charge in [0.15, 0.2) is 0 Å². The number of nitrogens with zero attached hydrogens (tertiary/aromatic N) is 2. The molecule has 0 aliphatic carbocycles. The number of piperidine rings is 1. The van der Waals surface area contributed by atoms with Crippen molar-refractivity contribution in [3.8, 4) is 5.75 Å². The number of amides is 1. The van der Waals surface area contributed by atoms with Crippen molar-refractivity contribution in [3.05, 3.63) is 53.6 Å². The van der Waals surface area contributed by atoms with Gasteiger partial charge < -0.3 is 20.2 Å². The van der Waals surface area contributed by atoms with Crippen LogP contribution in [0.1, 0.15) is 23.2 Å². The molecule has 0 bridgehead atoms. The summed E-state index contributed by atoms with van der Waals surface area (Å²) in [6, 6.07) is 8.94. The molecule has 1 amide bonds. The summed E-state index contributed by atoms with van der Waals surface area (Å²) in [5, 5.41) is 12.2. The number of aromatic hydroxyl groups is 1. The molecule has 0 radical (unpaired) electrons. The molecule has 7 heteroatoms. The van der Waals surface area contributed by atoms with Gasteiger partial charge in [-0.1, -0.05) is 0 Å². The van der Waals surface area contributed by atoms with Crippen LogP contribution < -0.4 is 10.2 Å². The van der Waals surface area contributed by atoms with E-state index < -0.39 is 28.9 Å². The first kappa shape index (κ1) is 19.1. The van der Waals surface area contributed by atoms with Crippen LogP contribution in [0.2, 0.25) is 0 Å². The van der Waals surface area contributed by atoms with E-state index in [4.69, 9.17) is 0 Å². The second-order valence-corrected chi connectivity index (χ2v) is 6.93. The van der Waals surface area contributed by atoms with Gasteiger partial charge in [-0.2, -0.15) is 0 Å². The number of benzene rings is 2. The number of likely N-dealkylation sites (tertiary alicyclic amines) is 1. The lowest BCUT2D eigenvalue weighted by Crippen LogP contribution is -2.41. The Labute approximate surface area is 157 Å². The van der Waals surface area contributed by atoms with E-state index >= 15 is 0 Å². The Hall–Kier alpha value is -2.67. The smallest absolute Gasteiger partial charge is 0.262 e. The number of carbonyl (C=O) groups excluding carboxylic acids is 1. The van der Waals surface area contributed by atoms with Crippen LogP contribution in [0.3, 0.4) is 0 Å². The Bertz CT molecular complexity index is 795. The van der Waals surface area contributed by atoms with E-state index in [0.29, 0.717) is 23.9 Å². The number of halogens is 2. The second-order valence-electron chi connectivity index (χ2n) is 6.93. The first-order valence-electron chi connectivity index (χ1n) is 8.86. The predicted octanol–water partition coefficient (Wildman–Crippen LogP) is 3.45. The third kappa shape index (κ3) is 4.36. The standard InChI is InChI=1S/C20H23F2N3O2/c1-24-9-7-16(8-10-24)25(2)15-5-3-14(4-6-15)23-20(27)19-17(22)11-13(21)12-18(19)26/h3-6,11-12,16,26H,7-10H2,1-2H3,(H,23,27). The molecule has 1 saturated heterocycles. The molecule has 2 aromatic carbocycles. The Morgan fingerprint density at radius 3 is 2.41 bits per heavy atom. The van der Waals surface area contributed by atoms with Crippen LogP contribution in [-0.4, -0.2) is 49.1 Å². The van der Waals surface area contributed by atoms with E-state index in [9.17, 15) is 18.7 Å². The molecule has 1 fully saturated rings. The van der Waals surface area contributed by atoms with E-state index in [1.165, 1.54) is 0 Å². The highest BCUT2D eigenvalue weighted by molar-refractivity contribution is 6.06. The summed E-state index contributed by atoms with van der Waals surface area (Å²) in [5.41, 5.74) is 0.908. The fraction of sp³-hybridized carbons (Fsp3) is 0.350. The number of phenolic OH excluding ortho intramolecular Hbond substituents is 1. The van der Waals surface area contributed by atoms with Gasteiger partial charge in [-0.05, 0) is 57.2 Å². The normalized spacial score (nSPS) is 15.6. The lowest BCUT2D eigenvalue weighted by molar-refractivity contribution is 0.102. The maximum Gasteiger partial charge on any atom is 0.262 e. The van der Waals surface area contributed by atoms with Gasteiger partial charge in [0.2, 0.25) is 0 Å². The molecule has 0 saturated carbocycles. The lowest BCUT2D eigenvalue weighted by Gasteiger charge is -2.36. The molecule has 0 unspecified atom stereocenters. The van der Waals surface area contributed by atoms with Crippen LogP contribution in [0.4, 0.5) is 20.2 Å². The quantitative estimate of drug-likeness (QED) is 0.859. The van der Waals surface area contributed by atoms with Gasteiger partial charge in [0.05, 0.1) is 0 Å². The molecule has 5 nitrogen and oxygen atoms in total. The number of phenols is 1. The molecule has 1 aliphatic rings. The van der Waals surface area contributed by atoms with E-state index in [1.807, 2.05) is 12.1 Å². The van der Waals surface area contributed by atoms with Crippen molar-refractivity contribution >= 4 is 17.3 Å². The first-order valence-corrected chi connectivity index (χ1v) is 8.86. The first-order chi connectivity index (χ1) is 12.8. The summed E-state index contributed by atoms with van der Waals surface area (Å²) in [5.74, 6) is -3.61. The minimum atomic E-state index is -1.11. The molecule has 0 spiro atoms. The van der Waals surface area contributed by atoms with Crippen molar-refractivity contribution in [2.24, 2.45) is 0 Å². The number of anilines is 2. The average molecular weight is 375 g/mol. The van der Waals surface area contributed by atoms with Crippen LogP contribution in [0, 0.1) is 11.6 Å². The third-order valence-electron chi connectivity index (χ3n) is 5.03. The highest BCUT2D eigenvalue weighted by Crippen LogP contribution is 2.26. The highest BCUT2D eigenvalue weighted by Gasteiger charge is 2.21. The summed E-state index contributed by atoms with van der Waals surface area (Å²) >= 11 is 0. The van der Waals surface area contributed by atoms with Crippen LogP contribution >= 0.6 is 0 Å². The molecule has 0 atom stereocenters. The average Bonchev–Trinajstić information content (AvgIpc) is 2.61. The van der Waals surface area contributed by atoms with Crippen molar-refractivity contribution in [3.63, 3.8) is 0 Å². The SMILES string of the molecule is CN1CCC(N(C)c2ccc(NC(=O)c3c(O)cc(F)cc3F)cc2)CC1. The monoisotopic (exact) mass is 375 g/mol. The summed E-state index contributed by atoms with van der Waals surface area (Å²) < 4.78 is 26.9. The Morgan fingerprint density at radius 1 is 1.19 bits per heavy atom. The van der Waals surface area contributed by atoms with Gasteiger partial charge in [0.1, 0.15) is 22.9 Å². The van der Waals surface area contributed by atoms with Gasteiger partial charge >= 0.3 is 0 Å². The second kappa shape index (κ2) is 7.92. The summed E-state index contributed by atoms with van der Waals surface area (Å²) in [4.78, 5) is 16.8. The Kier molecular flexibility index (Phi) is 5.60. The van der Waals surface area contributed by atoms with Gasteiger partial charge in [-0.3, -0.25) is 4.79 Å². The minimum Gasteiger partial charge on any atom is -0.507 e. The summed E-state index contributed by atoms with van der Waals surface area (Å²) in [6.07, 6.45) is 2.18. The van der Waals surface area contributed by atoms with Crippen molar-refractivity contribution < 1.29 is 18.7 Å². The maximum absolute atomic E-state index is 13.8. The van der Waals surface area contributed by atoms with E-state index in [2.05, 4.69) is 29.2 Å². The number of hydrogen-bond acceptors (Lipinski definition) is 4. The molecule has 144 valence electrons. The van der Waals surface area contributed by atoms with Crippen molar-refractivity contribution in [2.75, 3.05) is 37.4 Å². The fourth-order valence-electron chi connectivity index (χ4n) is 3.35. The minimum absolute atomic E-state index is 0.462. The third-order valence-corrected chi connectivity index (χ3v) is 5.03. The molecule has 1 heterocycles. The summed E-state index contributed by atoms with van der Waals surface area (Å²) in [7, 11) is 4.17. The largest absolute Gasteiger partial charge is 0.507 e. The Morgan fingerprint density at radius 2 is 1.81 bits per heavy atom. The molecular formula is C20H23F2N3O2. The number of hydrogen-bond donors (Lipinski definition) is 2. The number of rotatable bonds is 4. The fourth-order valence-corrected chi connectivity index (χ4v) is 3.35. The topological polar surface area (TPSA) is 55.8 Å². The highest BCUT2D eigenvalue weighted by atomic mass is 19.1. The molecule has 2 N–H and O–H groups in total. The maximum atomic E-state index is 13.8. The van der Waals surface area contributed by atoms with Crippen molar-refractivity contribution in [2.45, 2.75) is 18.9 Å². The van der Waals surface area contributed by atoms with Crippen molar-refractivity contribution in [1.29, 1.82) is 0 Å². The number of carbonyl (C=O) groups is 1. The van der Waals surface area contributed by atoms with E-state index in [0.717, 1.165) is 31.6 Å². The molecular weight excluding hydrogens is 352 g/mol. The van der Waals surface area contributed by atoms with Gasteiger partial charge in [0, 0.05) is 36.6 Å². The summed E-state index contributed by atoms with van der Waals surface area (Å²) in [6.45, 7) is 2.13. The Balaban J connectivity index is 1.68. The zero-order chi connectivity index (χ0) is 19.6. The van der Waals surface area contributed by atoms with Crippen molar-refractivity contribution in [1.82, 2.24) is 4.90 Å². The molecule has 2 aromatic rings. The van der Waals surface area contributed by atoms with E-state index in [1.54, 1.807) is 12.1 Å². The lowest BCUT2D eigenvalue weighted by atomic mass is 10.0. The van der Waals surface area contributed by atoms with Crippen LogP contribution in [0.25, 0.3) is 0 Å². The van der Waals surface area contributed by atoms with Gasteiger partial charge in [0.25, 0.3) is 5.91 Å². The predicted molar refractivity (Wildman–Crippen MR) is 101 cm³/mol. The molecule has 1 aliphatic heterocycles. The van der Waals surface area contributed by atoms with Crippen LogP contribution in [0.5, 0.6) is 5.75 Å². The van der Waals surface area contributed by atoms with Crippen LogP contribution in [-0.2, 0) is 0 Å². The van der Waals surface area contributed by atoms with Gasteiger partial charge in [-0.15, -0.1) is 0 Å².